The van der Waals surface area contributed by atoms with Gasteiger partial charge in [-0.25, -0.2) is 9.38 Å². The van der Waals surface area contributed by atoms with Crippen molar-refractivity contribution >= 4 is 22.6 Å². The molecule has 1 fully saturated rings. The van der Waals surface area contributed by atoms with Gasteiger partial charge in [0.05, 0.1) is 5.69 Å². The Hall–Kier alpha value is -1.07. The number of aliphatic imine (C=N–C) groups is 1. The Morgan fingerprint density at radius 3 is 3.27 bits per heavy atom. The molecule has 0 amide bonds. The Labute approximate surface area is 90.6 Å². The van der Waals surface area contributed by atoms with E-state index in [-0.39, 0.29) is 5.82 Å². The minimum atomic E-state index is -0.466. The number of hydrogen-bond donors (Lipinski definition) is 1. The summed E-state index contributed by atoms with van der Waals surface area (Å²) in [4.78, 5) is 6.16. The monoisotopic (exact) mass is 224 g/mol. The lowest BCUT2D eigenvalue weighted by Gasteiger charge is -2.26. The van der Waals surface area contributed by atoms with Gasteiger partial charge in [0.2, 0.25) is 0 Å². The maximum atomic E-state index is 13.0. The van der Waals surface area contributed by atoms with E-state index in [1.807, 2.05) is 4.90 Å². The minimum Gasteiger partial charge on any atom is -0.373 e. The van der Waals surface area contributed by atoms with Crippen molar-refractivity contribution in [2.24, 2.45) is 4.99 Å². The highest BCUT2D eigenvalue weighted by Crippen LogP contribution is 2.34. The average molecular weight is 224 g/mol. The lowest BCUT2D eigenvalue weighted by Crippen LogP contribution is -2.34. The highest BCUT2D eigenvalue weighted by atomic mass is 32.2. The molecule has 1 N–H and O–H groups in total. The smallest absolute Gasteiger partial charge is 0.166 e. The largest absolute Gasteiger partial charge is 0.373 e. The molecule has 5 heteroatoms. The SMILES string of the molecule is OC1CSC2=Nc3cc(F)ccc3CN21. The number of thioether (sulfide) groups is 1. The third-order valence-electron chi connectivity index (χ3n) is 2.57. The van der Waals surface area contributed by atoms with Gasteiger partial charge in [0.15, 0.2) is 5.17 Å². The molecule has 2 heterocycles. The topological polar surface area (TPSA) is 35.8 Å². The normalized spacial score (nSPS) is 23.5. The quantitative estimate of drug-likeness (QED) is 0.728. The van der Waals surface area contributed by atoms with E-state index in [2.05, 4.69) is 4.99 Å². The number of hydrogen-bond acceptors (Lipinski definition) is 4. The van der Waals surface area contributed by atoms with E-state index < -0.39 is 6.23 Å². The van der Waals surface area contributed by atoms with Gasteiger partial charge in [0.25, 0.3) is 0 Å². The van der Waals surface area contributed by atoms with E-state index in [9.17, 15) is 9.50 Å². The van der Waals surface area contributed by atoms with Crippen LogP contribution in [0.25, 0.3) is 0 Å². The van der Waals surface area contributed by atoms with Gasteiger partial charge in [0.1, 0.15) is 12.0 Å². The summed E-state index contributed by atoms with van der Waals surface area (Å²) >= 11 is 1.51. The predicted molar refractivity (Wildman–Crippen MR) is 57.5 cm³/mol. The van der Waals surface area contributed by atoms with Gasteiger partial charge in [-0.3, -0.25) is 0 Å². The second-order valence-electron chi connectivity index (χ2n) is 3.59. The van der Waals surface area contributed by atoms with E-state index in [1.165, 1.54) is 23.9 Å². The fourth-order valence-electron chi connectivity index (χ4n) is 1.78. The molecule has 1 aromatic carbocycles. The van der Waals surface area contributed by atoms with Crippen molar-refractivity contribution in [2.45, 2.75) is 12.8 Å². The van der Waals surface area contributed by atoms with Crippen LogP contribution in [0.1, 0.15) is 5.56 Å². The van der Waals surface area contributed by atoms with Crippen molar-refractivity contribution in [3.05, 3.63) is 29.6 Å². The second kappa shape index (κ2) is 3.21. The van der Waals surface area contributed by atoms with Crippen LogP contribution in [0, 0.1) is 5.82 Å². The van der Waals surface area contributed by atoms with Gasteiger partial charge in [-0.1, -0.05) is 17.8 Å². The van der Waals surface area contributed by atoms with Crippen molar-refractivity contribution in [1.29, 1.82) is 0 Å². The summed E-state index contributed by atoms with van der Waals surface area (Å²) in [6, 6.07) is 4.58. The summed E-state index contributed by atoms with van der Waals surface area (Å²) in [5, 5.41) is 10.4. The number of fused-ring (bicyclic) bond motifs is 2. The Bertz CT molecular complexity index is 449. The van der Waals surface area contributed by atoms with Crippen molar-refractivity contribution in [2.75, 3.05) is 5.75 Å². The third kappa shape index (κ3) is 1.42. The van der Waals surface area contributed by atoms with Crippen LogP contribution < -0.4 is 0 Å². The molecule has 0 spiro atoms. The number of aliphatic hydroxyl groups excluding tert-OH is 1. The molecule has 1 saturated heterocycles. The van der Waals surface area contributed by atoms with Gasteiger partial charge in [0, 0.05) is 12.3 Å². The average Bonchev–Trinajstić information content (AvgIpc) is 2.57. The molecule has 1 atom stereocenters. The highest BCUT2D eigenvalue weighted by molar-refractivity contribution is 8.14. The standard InChI is InChI=1S/C10H9FN2OS/c11-7-2-1-6-4-13-9(14)5-15-10(13)12-8(6)3-7/h1-3,9,14H,4-5H2. The first kappa shape index (κ1) is 9.18. The summed E-state index contributed by atoms with van der Waals surface area (Å²) < 4.78 is 13.0. The molecule has 0 radical (unpaired) electrons. The van der Waals surface area contributed by atoms with Crippen LogP contribution in [0.5, 0.6) is 0 Å². The van der Waals surface area contributed by atoms with E-state index in [1.54, 1.807) is 6.07 Å². The lowest BCUT2D eigenvalue weighted by atomic mass is 10.1. The van der Waals surface area contributed by atoms with Crippen LogP contribution in [0.3, 0.4) is 0 Å². The molecular formula is C10H9FN2OS. The zero-order valence-electron chi connectivity index (χ0n) is 7.85. The molecule has 78 valence electrons. The number of rotatable bonds is 0. The Morgan fingerprint density at radius 2 is 2.40 bits per heavy atom. The van der Waals surface area contributed by atoms with Crippen molar-refractivity contribution in [3.63, 3.8) is 0 Å². The maximum Gasteiger partial charge on any atom is 0.166 e. The number of nitrogens with zero attached hydrogens (tertiary/aromatic N) is 2. The molecule has 2 aliphatic rings. The fraction of sp³-hybridized carbons (Fsp3) is 0.300. The number of benzene rings is 1. The first-order chi connectivity index (χ1) is 7.24. The van der Waals surface area contributed by atoms with Crippen LogP contribution in [-0.2, 0) is 6.54 Å². The molecule has 0 aliphatic carbocycles. The Morgan fingerprint density at radius 1 is 1.53 bits per heavy atom. The summed E-state index contributed by atoms with van der Waals surface area (Å²) in [7, 11) is 0. The number of aliphatic hydroxyl groups is 1. The minimum absolute atomic E-state index is 0.268. The molecule has 0 bridgehead atoms. The van der Waals surface area contributed by atoms with Gasteiger partial charge >= 0.3 is 0 Å². The van der Waals surface area contributed by atoms with Gasteiger partial charge in [-0.2, -0.15) is 0 Å². The molecule has 1 unspecified atom stereocenters. The molecule has 2 aliphatic heterocycles. The number of amidine groups is 1. The molecule has 15 heavy (non-hydrogen) atoms. The van der Waals surface area contributed by atoms with E-state index in [0.717, 1.165) is 10.7 Å². The van der Waals surface area contributed by atoms with Crippen molar-refractivity contribution in [1.82, 2.24) is 4.90 Å². The first-order valence-electron chi connectivity index (χ1n) is 4.69. The van der Waals surface area contributed by atoms with Crippen molar-refractivity contribution < 1.29 is 9.50 Å². The number of halogens is 1. The fourth-order valence-corrected chi connectivity index (χ4v) is 2.77. The summed E-state index contributed by atoms with van der Waals surface area (Å²) in [5.41, 5.74) is 1.64. The van der Waals surface area contributed by atoms with Crippen LogP contribution in [0.15, 0.2) is 23.2 Å². The molecule has 3 rings (SSSR count). The van der Waals surface area contributed by atoms with Crippen LogP contribution in [0.2, 0.25) is 0 Å². The maximum absolute atomic E-state index is 13.0. The van der Waals surface area contributed by atoms with Crippen LogP contribution in [0.4, 0.5) is 10.1 Å². The molecule has 3 nitrogen and oxygen atoms in total. The zero-order valence-corrected chi connectivity index (χ0v) is 8.67. The van der Waals surface area contributed by atoms with Gasteiger partial charge < -0.3 is 10.0 Å². The van der Waals surface area contributed by atoms with E-state index in [0.29, 0.717) is 18.0 Å². The van der Waals surface area contributed by atoms with E-state index >= 15 is 0 Å². The summed E-state index contributed by atoms with van der Waals surface area (Å²) in [6.07, 6.45) is -0.466. The molecule has 0 aromatic heterocycles. The van der Waals surface area contributed by atoms with Gasteiger partial charge in [-0.05, 0) is 17.7 Å². The molecule has 0 saturated carbocycles. The first-order valence-corrected chi connectivity index (χ1v) is 5.67. The third-order valence-corrected chi connectivity index (χ3v) is 3.62. The summed E-state index contributed by atoms with van der Waals surface area (Å²) in [6.45, 7) is 0.614. The Balaban J connectivity index is 2.07. The second-order valence-corrected chi connectivity index (χ2v) is 4.57. The molecular weight excluding hydrogens is 215 g/mol. The predicted octanol–water partition coefficient (Wildman–Crippen LogP) is 1.69. The van der Waals surface area contributed by atoms with Crippen LogP contribution >= 0.6 is 11.8 Å². The van der Waals surface area contributed by atoms with Crippen LogP contribution in [-0.4, -0.2) is 27.2 Å². The zero-order chi connectivity index (χ0) is 10.4. The lowest BCUT2D eigenvalue weighted by molar-refractivity contribution is 0.0770. The molecule has 1 aromatic rings. The highest BCUT2D eigenvalue weighted by Gasteiger charge is 2.31. The van der Waals surface area contributed by atoms with Gasteiger partial charge in [-0.15, -0.1) is 0 Å². The summed E-state index contributed by atoms with van der Waals surface area (Å²) in [5.74, 6) is 0.366. The van der Waals surface area contributed by atoms with Crippen molar-refractivity contribution in [3.8, 4) is 0 Å². The Kier molecular flexibility index (Phi) is 1.97. The van der Waals surface area contributed by atoms with E-state index in [4.69, 9.17) is 0 Å².